The monoisotopic (exact) mass is 471 g/mol. The Morgan fingerprint density at radius 3 is 2.41 bits per heavy atom. The summed E-state index contributed by atoms with van der Waals surface area (Å²) in [6.45, 7) is 0.824. The van der Waals surface area contributed by atoms with Crippen LogP contribution in [0.2, 0.25) is 0 Å². The third kappa shape index (κ3) is 5.52. The fourth-order valence-corrected chi connectivity index (χ4v) is 4.82. The molecular weight excluding hydrogens is 442 g/mol. The third-order valence-corrected chi connectivity index (χ3v) is 6.84. The summed E-state index contributed by atoms with van der Waals surface area (Å²) in [6.07, 6.45) is 5.63. The van der Waals surface area contributed by atoms with Crippen LogP contribution >= 0.6 is 0 Å². The fourth-order valence-electron chi connectivity index (χ4n) is 4.82. The molecule has 1 aromatic rings. The molecule has 11 heteroatoms. The zero-order valence-corrected chi connectivity index (χ0v) is 18.8. The van der Waals surface area contributed by atoms with Crippen LogP contribution in [0.15, 0.2) is 18.3 Å². The molecule has 1 aromatic heterocycles. The molecule has 4 rings (SSSR count). The van der Waals surface area contributed by atoms with Gasteiger partial charge in [-0.25, -0.2) is 4.98 Å². The zero-order chi connectivity index (χ0) is 24.2. The summed E-state index contributed by atoms with van der Waals surface area (Å²) >= 11 is 0. The van der Waals surface area contributed by atoms with Gasteiger partial charge in [-0.2, -0.15) is 0 Å². The lowest BCUT2D eigenvalue weighted by molar-refractivity contribution is -0.142. The number of rotatable bonds is 6. The Labute approximate surface area is 196 Å². The van der Waals surface area contributed by atoms with Crippen molar-refractivity contribution in [1.82, 2.24) is 20.5 Å². The molecule has 0 radical (unpaired) electrons. The van der Waals surface area contributed by atoms with Gasteiger partial charge in [0.1, 0.15) is 11.7 Å². The second-order valence-electron chi connectivity index (χ2n) is 9.21. The van der Waals surface area contributed by atoms with Gasteiger partial charge in [0.05, 0.1) is 17.8 Å². The van der Waals surface area contributed by atoms with Crippen molar-refractivity contribution in [2.24, 2.45) is 11.8 Å². The number of pyridine rings is 1. The Morgan fingerprint density at radius 2 is 1.79 bits per heavy atom. The Morgan fingerprint density at radius 1 is 1.03 bits per heavy atom. The first-order valence-corrected chi connectivity index (χ1v) is 11.7. The molecule has 0 spiro atoms. The average Bonchev–Trinajstić information content (AvgIpc) is 3.32. The molecule has 0 aromatic carbocycles. The lowest BCUT2D eigenvalue weighted by atomic mass is 9.85. The standard InChI is InChI=1S/C23H29N5O6/c29-19-8-7-18(21(31)27-19)26-20(30)17-6-5-16(11-24-17)25-15-3-1-13(2-4-15)22(32)28-10-9-14(12-28)23(33)34/h5-6,11,13-15,18,25H,1-4,7-10,12H2,(H,26,30)(H,33,34)(H,27,29,31)/t13?,14-,15?,18?/m1/s1. The second kappa shape index (κ2) is 10.2. The minimum atomic E-state index is -0.837. The number of carbonyl (C=O) groups is 5. The summed E-state index contributed by atoms with van der Waals surface area (Å²) in [5, 5.41) is 17.3. The van der Waals surface area contributed by atoms with Gasteiger partial charge in [0.2, 0.25) is 17.7 Å². The van der Waals surface area contributed by atoms with E-state index in [1.165, 1.54) is 0 Å². The smallest absolute Gasteiger partial charge is 0.308 e. The number of aliphatic carboxylic acids is 1. The number of carboxylic acid groups (broad SMARTS) is 1. The van der Waals surface area contributed by atoms with E-state index in [0.717, 1.165) is 31.4 Å². The normalized spacial score (nSPS) is 27.1. The first-order valence-electron chi connectivity index (χ1n) is 11.7. The summed E-state index contributed by atoms with van der Waals surface area (Å²) in [6, 6.07) is 2.75. The van der Waals surface area contributed by atoms with Crippen molar-refractivity contribution in [2.45, 2.75) is 57.0 Å². The van der Waals surface area contributed by atoms with Crippen molar-refractivity contribution in [3.8, 4) is 0 Å². The van der Waals surface area contributed by atoms with Gasteiger partial charge in [0.15, 0.2) is 0 Å². The molecule has 3 fully saturated rings. The van der Waals surface area contributed by atoms with Crippen molar-refractivity contribution in [3.63, 3.8) is 0 Å². The fraction of sp³-hybridized carbons (Fsp3) is 0.565. The largest absolute Gasteiger partial charge is 0.481 e. The van der Waals surface area contributed by atoms with Crippen LogP contribution in [0.4, 0.5) is 5.69 Å². The highest BCUT2D eigenvalue weighted by molar-refractivity contribution is 6.03. The van der Waals surface area contributed by atoms with Crippen LogP contribution in [-0.2, 0) is 19.2 Å². The van der Waals surface area contributed by atoms with E-state index < -0.39 is 29.7 Å². The molecular formula is C23H29N5O6. The minimum absolute atomic E-state index is 0.0650. The maximum atomic E-state index is 12.7. The minimum Gasteiger partial charge on any atom is -0.481 e. The second-order valence-corrected chi connectivity index (χ2v) is 9.21. The molecule has 1 aliphatic carbocycles. The molecule has 1 unspecified atom stereocenters. The summed E-state index contributed by atoms with van der Waals surface area (Å²) in [7, 11) is 0. The zero-order valence-electron chi connectivity index (χ0n) is 18.8. The van der Waals surface area contributed by atoms with Gasteiger partial charge in [0.25, 0.3) is 5.91 Å². The number of amides is 4. The van der Waals surface area contributed by atoms with E-state index in [9.17, 15) is 24.0 Å². The SMILES string of the molecule is O=C1CCC(NC(=O)c2ccc(NC3CCC(C(=O)N4CC[C@@H](C(=O)O)C4)CC3)cn2)C(=O)N1. The molecule has 1 saturated carbocycles. The highest BCUT2D eigenvalue weighted by Gasteiger charge is 2.35. The third-order valence-electron chi connectivity index (χ3n) is 6.84. The van der Waals surface area contributed by atoms with Crippen molar-refractivity contribution in [3.05, 3.63) is 24.0 Å². The summed E-state index contributed by atoms with van der Waals surface area (Å²) in [4.78, 5) is 65.2. The van der Waals surface area contributed by atoms with Gasteiger partial charge in [-0.3, -0.25) is 29.3 Å². The van der Waals surface area contributed by atoms with Crippen LogP contribution in [0.5, 0.6) is 0 Å². The number of hydrogen-bond acceptors (Lipinski definition) is 7. The molecule has 2 aliphatic heterocycles. The Balaban J connectivity index is 1.23. The van der Waals surface area contributed by atoms with Gasteiger partial charge in [0, 0.05) is 31.5 Å². The predicted molar refractivity (Wildman–Crippen MR) is 120 cm³/mol. The van der Waals surface area contributed by atoms with Crippen molar-refractivity contribution >= 4 is 35.3 Å². The number of nitrogens with zero attached hydrogens (tertiary/aromatic N) is 2. The Bertz CT molecular complexity index is 973. The average molecular weight is 472 g/mol. The van der Waals surface area contributed by atoms with E-state index in [4.69, 9.17) is 5.11 Å². The van der Waals surface area contributed by atoms with E-state index >= 15 is 0 Å². The number of carbonyl (C=O) groups excluding carboxylic acids is 4. The first kappa shape index (κ1) is 23.7. The van der Waals surface area contributed by atoms with Crippen LogP contribution in [0.3, 0.4) is 0 Å². The van der Waals surface area contributed by atoms with Gasteiger partial charge < -0.3 is 20.6 Å². The van der Waals surface area contributed by atoms with Crippen LogP contribution in [0.1, 0.15) is 55.4 Å². The molecule has 4 N–H and O–H groups in total. The van der Waals surface area contributed by atoms with Crippen LogP contribution in [0.25, 0.3) is 0 Å². The van der Waals surface area contributed by atoms with Crippen LogP contribution in [0, 0.1) is 11.8 Å². The van der Waals surface area contributed by atoms with E-state index in [0.29, 0.717) is 19.5 Å². The highest BCUT2D eigenvalue weighted by Crippen LogP contribution is 2.30. The number of nitrogens with one attached hydrogen (secondary N) is 3. The number of anilines is 1. The molecule has 11 nitrogen and oxygen atoms in total. The molecule has 2 atom stereocenters. The molecule has 2 saturated heterocycles. The highest BCUT2D eigenvalue weighted by atomic mass is 16.4. The lowest BCUT2D eigenvalue weighted by Crippen LogP contribution is -2.52. The van der Waals surface area contributed by atoms with E-state index in [1.54, 1.807) is 23.2 Å². The number of likely N-dealkylation sites (tertiary alicyclic amines) is 1. The molecule has 34 heavy (non-hydrogen) atoms. The summed E-state index contributed by atoms with van der Waals surface area (Å²) in [5.41, 5.74) is 0.936. The molecule has 0 bridgehead atoms. The van der Waals surface area contributed by atoms with Crippen LogP contribution < -0.4 is 16.0 Å². The van der Waals surface area contributed by atoms with E-state index in [2.05, 4.69) is 20.9 Å². The number of imide groups is 1. The van der Waals surface area contributed by atoms with Gasteiger partial charge in [-0.1, -0.05) is 0 Å². The molecule has 3 heterocycles. The summed E-state index contributed by atoms with van der Waals surface area (Å²) in [5.74, 6) is -2.63. The Kier molecular flexibility index (Phi) is 7.09. The molecule has 4 amide bonds. The summed E-state index contributed by atoms with van der Waals surface area (Å²) < 4.78 is 0. The van der Waals surface area contributed by atoms with Crippen molar-refractivity contribution in [2.75, 3.05) is 18.4 Å². The number of carboxylic acids is 1. The lowest BCUT2D eigenvalue weighted by Gasteiger charge is -2.31. The van der Waals surface area contributed by atoms with Gasteiger partial charge >= 0.3 is 5.97 Å². The maximum Gasteiger partial charge on any atom is 0.308 e. The van der Waals surface area contributed by atoms with E-state index in [-0.39, 0.29) is 42.3 Å². The van der Waals surface area contributed by atoms with Crippen molar-refractivity contribution < 1.29 is 29.1 Å². The first-order chi connectivity index (χ1) is 16.3. The maximum absolute atomic E-state index is 12.7. The topological polar surface area (TPSA) is 158 Å². The van der Waals surface area contributed by atoms with Crippen LogP contribution in [-0.4, -0.2) is 69.8 Å². The molecule has 182 valence electrons. The number of aromatic nitrogens is 1. The van der Waals surface area contributed by atoms with Gasteiger partial charge in [-0.15, -0.1) is 0 Å². The van der Waals surface area contributed by atoms with Gasteiger partial charge in [-0.05, 0) is 50.7 Å². The number of piperidine rings is 1. The molecule has 3 aliphatic rings. The quantitative estimate of drug-likeness (QED) is 0.437. The number of hydrogen-bond donors (Lipinski definition) is 4. The predicted octanol–water partition coefficient (Wildman–Crippen LogP) is 0.520. The Hall–Kier alpha value is -3.50. The van der Waals surface area contributed by atoms with E-state index in [1.807, 2.05) is 0 Å². The van der Waals surface area contributed by atoms with Crippen molar-refractivity contribution in [1.29, 1.82) is 0 Å².